The van der Waals surface area contributed by atoms with E-state index in [0.29, 0.717) is 19.4 Å². The number of esters is 1. The third-order valence-electron chi connectivity index (χ3n) is 3.78. The van der Waals surface area contributed by atoms with E-state index in [4.69, 9.17) is 4.74 Å². The van der Waals surface area contributed by atoms with Crippen LogP contribution < -0.4 is 34.7 Å². The minimum Gasteiger partial charge on any atom is -0.550 e. The summed E-state index contributed by atoms with van der Waals surface area (Å²) in [6, 6.07) is 0. The summed E-state index contributed by atoms with van der Waals surface area (Å²) in [7, 11) is 0. The first-order chi connectivity index (χ1) is 9.66. The Balaban J connectivity index is 0.00000400. The molecule has 0 spiro atoms. The first-order valence-corrected chi connectivity index (χ1v) is 7.69. The third-order valence-corrected chi connectivity index (χ3v) is 3.78. The standard InChI is InChI=1S/C16H26O4.Na/c1-2-3-4-5-6-9-12-20-16(19)14-11-8-7-10-13(14)15(17)18;/h3-4,13-14H,2,5-12H2,1H3,(H,17,18);/q;+1/p-1/b4-3+;. The summed E-state index contributed by atoms with van der Waals surface area (Å²) in [5, 5.41) is 11.0. The van der Waals surface area contributed by atoms with Gasteiger partial charge >= 0.3 is 35.5 Å². The molecule has 1 fully saturated rings. The average Bonchev–Trinajstić information content (AvgIpc) is 2.46. The zero-order chi connectivity index (χ0) is 14.8. The van der Waals surface area contributed by atoms with Crippen LogP contribution in [0.3, 0.4) is 0 Å². The van der Waals surface area contributed by atoms with E-state index >= 15 is 0 Å². The molecule has 0 amide bonds. The maximum Gasteiger partial charge on any atom is 1.00 e. The van der Waals surface area contributed by atoms with E-state index in [1.807, 2.05) is 0 Å². The van der Waals surface area contributed by atoms with Gasteiger partial charge in [-0.05, 0) is 38.5 Å². The van der Waals surface area contributed by atoms with E-state index in [-0.39, 0.29) is 35.5 Å². The number of carbonyl (C=O) groups excluding carboxylic acids is 2. The molecule has 0 aromatic carbocycles. The van der Waals surface area contributed by atoms with Gasteiger partial charge in [-0.3, -0.25) is 4.79 Å². The van der Waals surface area contributed by atoms with Crippen LogP contribution >= 0.6 is 0 Å². The zero-order valence-corrected chi connectivity index (χ0v) is 15.3. The predicted octanol–water partition coefficient (Wildman–Crippen LogP) is -0.774. The number of allylic oxidation sites excluding steroid dienone is 2. The van der Waals surface area contributed by atoms with Crippen molar-refractivity contribution in [1.29, 1.82) is 0 Å². The Labute approximate surface area is 149 Å². The van der Waals surface area contributed by atoms with Crippen LogP contribution in [0.2, 0.25) is 0 Å². The Hall–Kier alpha value is -0.320. The molecular formula is C16H25NaO4. The van der Waals surface area contributed by atoms with E-state index in [1.54, 1.807) is 0 Å². The maximum absolute atomic E-state index is 11.9. The summed E-state index contributed by atoms with van der Waals surface area (Å²) in [6.07, 6.45) is 11.0. The number of unbranched alkanes of at least 4 members (excludes halogenated alkanes) is 2. The number of carboxylic acid groups (broad SMARTS) is 1. The summed E-state index contributed by atoms with van der Waals surface area (Å²) in [5.74, 6) is -2.64. The van der Waals surface area contributed by atoms with Gasteiger partial charge in [-0.15, -0.1) is 0 Å². The summed E-state index contributed by atoms with van der Waals surface area (Å²) < 4.78 is 5.21. The third kappa shape index (κ3) is 8.03. The van der Waals surface area contributed by atoms with E-state index in [1.165, 1.54) is 0 Å². The number of ether oxygens (including phenoxy) is 1. The number of hydrogen-bond acceptors (Lipinski definition) is 4. The molecule has 114 valence electrons. The number of aliphatic carboxylic acids is 1. The fraction of sp³-hybridized carbons (Fsp3) is 0.750. The predicted molar refractivity (Wildman–Crippen MR) is 74.7 cm³/mol. The Morgan fingerprint density at radius 3 is 2.43 bits per heavy atom. The van der Waals surface area contributed by atoms with Crippen molar-refractivity contribution >= 4 is 11.9 Å². The van der Waals surface area contributed by atoms with Gasteiger partial charge in [-0.25, -0.2) is 0 Å². The quantitative estimate of drug-likeness (QED) is 0.255. The fourth-order valence-electron chi connectivity index (χ4n) is 2.62. The first kappa shape index (κ1) is 20.7. The molecule has 5 heteroatoms. The molecule has 0 aliphatic heterocycles. The average molecular weight is 304 g/mol. The molecule has 1 rings (SSSR count). The normalized spacial score (nSPS) is 21.8. The van der Waals surface area contributed by atoms with Gasteiger partial charge in [0.25, 0.3) is 0 Å². The molecule has 0 bridgehead atoms. The van der Waals surface area contributed by atoms with E-state index in [9.17, 15) is 14.7 Å². The number of hydrogen-bond donors (Lipinski definition) is 0. The second-order valence-electron chi connectivity index (χ2n) is 5.36. The number of carbonyl (C=O) groups is 2. The van der Waals surface area contributed by atoms with Crippen LogP contribution in [-0.2, 0) is 14.3 Å². The molecule has 0 heterocycles. The molecule has 21 heavy (non-hydrogen) atoms. The molecule has 0 aromatic heterocycles. The zero-order valence-electron chi connectivity index (χ0n) is 13.3. The first-order valence-electron chi connectivity index (χ1n) is 7.69. The molecule has 4 nitrogen and oxygen atoms in total. The molecule has 0 aromatic rings. The van der Waals surface area contributed by atoms with Gasteiger partial charge in [0.2, 0.25) is 0 Å². The molecule has 1 aliphatic carbocycles. The van der Waals surface area contributed by atoms with E-state index in [0.717, 1.165) is 38.5 Å². The van der Waals surface area contributed by atoms with Gasteiger partial charge in [0.05, 0.1) is 12.5 Å². The molecule has 2 atom stereocenters. The van der Waals surface area contributed by atoms with Gasteiger partial charge in [-0.1, -0.05) is 31.9 Å². The van der Waals surface area contributed by atoms with Crippen LogP contribution in [0.4, 0.5) is 0 Å². The number of carboxylic acids is 1. The number of rotatable bonds is 8. The van der Waals surface area contributed by atoms with Crippen molar-refractivity contribution in [2.45, 2.75) is 58.3 Å². The van der Waals surface area contributed by atoms with Gasteiger partial charge in [0.1, 0.15) is 0 Å². The van der Waals surface area contributed by atoms with Crippen molar-refractivity contribution in [3.63, 3.8) is 0 Å². The van der Waals surface area contributed by atoms with Crippen molar-refractivity contribution in [2.75, 3.05) is 6.61 Å². The van der Waals surface area contributed by atoms with Gasteiger partial charge in [-0.2, -0.15) is 0 Å². The fourth-order valence-corrected chi connectivity index (χ4v) is 2.62. The van der Waals surface area contributed by atoms with Crippen LogP contribution in [0.15, 0.2) is 12.2 Å². The van der Waals surface area contributed by atoms with Crippen LogP contribution in [0.25, 0.3) is 0 Å². The van der Waals surface area contributed by atoms with Crippen LogP contribution in [0.1, 0.15) is 58.3 Å². The monoisotopic (exact) mass is 304 g/mol. The maximum atomic E-state index is 11.9. The van der Waals surface area contributed by atoms with Crippen molar-refractivity contribution in [3.8, 4) is 0 Å². The molecule has 1 saturated carbocycles. The van der Waals surface area contributed by atoms with Crippen LogP contribution in [-0.4, -0.2) is 18.5 Å². The van der Waals surface area contributed by atoms with E-state index < -0.39 is 17.8 Å². The molecule has 1 aliphatic rings. The van der Waals surface area contributed by atoms with Crippen molar-refractivity contribution < 1.29 is 49.0 Å². The van der Waals surface area contributed by atoms with Gasteiger partial charge < -0.3 is 14.6 Å². The Morgan fingerprint density at radius 1 is 1.14 bits per heavy atom. The Bertz CT molecular complexity index is 341. The molecule has 0 saturated heterocycles. The van der Waals surface area contributed by atoms with Crippen LogP contribution in [0, 0.1) is 11.8 Å². The molecule has 0 N–H and O–H groups in total. The second-order valence-corrected chi connectivity index (χ2v) is 5.36. The SMILES string of the molecule is CC/C=C/CCCCOC(=O)C1CCCCC1C(=O)[O-].[Na+]. The van der Waals surface area contributed by atoms with Crippen molar-refractivity contribution in [1.82, 2.24) is 0 Å². The molecule has 2 unspecified atom stereocenters. The van der Waals surface area contributed by atoms with Crippen LogP contribution in [0.5, 0.6) is 0 Å². The smallest absolute Gasteiger partial charge is 0.550 e. The summed E-state index contributed by atoms with van der Waals surface area (Å²) in [4.78, 5) is 22.9. The minimum absolute atomic E-state index is 0. The van der Waals surface area contributed by atoms with Gasteiger partial charge in [0.15, 0.2) is 0 Å². The second kappa shape index (κ2) is 12.2. The summed E-state index contributed by atoms with van der Waals surface area (Å²) in [5.41, 5.74) is 0. The largest absolute Gasteiger partial charge is 1.00 e. The Morgan fingerprint density at radius 2 is 1.81 bits per heavy atom. The van der Waals surface area contributed by atoms with Crippen molar-refractivity contribution in [3.05, 3.63) is 12.2 Å². The van der Waals surface area contributed by atoms with Crippen molar-refractivity contribution in [2.24, 2.45) is 11.8 Å². The molecular weight excluding hydrogens is 279 g/mol. The van der Waals surface area contributed by atoms with E-state index in [2.05, 4.69) is 19.1 Å². The topological polar surface area (TPSA) is 66.4 Å². The summed E-state index contributed by atoms with van der Waals surface area (Å²) in [6.45, 7) is 2.48. The summed E-state index contributed by atoms with van der Waals surface area (Å²) >= 11 is 0. The Kier molecular flexibility index (Phi) is 12.1. The molecule has 0 radical (unpaired) electrons. The van der Waals surface area contributed by atoms with Gasteiger partial charge in [0, 0.05) is 11.9 Å². The minimum atomic E-state index is -1.11.